The summed E-state index contributed by atoms with van der Waals surface area (Å²) in [5.74, 6) is 1.22. The molecule has 0 radical (unpaired) electrons. The monoisotopic (exact) mass is 199 g/mol. The quantitative estimate of drug-likeness (QED) is 0.747. The molecule has 0 saturated heterocycles. The first kappa shape index (κ1) is 11.1. The van der Waals surface area contributed by atoms with Crippen LogP contribution in [0.1, 0.15) is 38.6 Å². The second-order valence-corrected chi connectivity index (χ2v) is 2.92. The molecular weight excluding hydrogens is 182 g/mol. The first-order valence-electron chi connectivity index (χ1n) is 4.92. The van der Waals surface area contributed by atoms with Crippen LogP contribution in [0.3, 0.4) is 0 Å². The molecule has 1 heterocycles. The van der Waals surface area contributed by atoms with Gasteiger partial charge in [0.1, 0.15) is 6.10 Å². The van der Waals surface area contributed by atoms with E-state index in [0.29, 0.717) is 24.9 Å². The molecule has 0 spiro atoms. The van der Waals surface area contributed by atoms with Crippen molar-refractivity contribution < 1.29 is 9.26 Å². The van der Waals surface area contributed by atoms with Gasteiger partial charge in [-0.1, -0.05) is 12.1 Å². The zero-order valence-corrected chi connectivity index (χ0v) is 8.91. The van der Waals surface area contributed by atoms with Gasteiger partial charge in [-0.05, 0) is 20.4 Å². The maximum Gasteiger partial charge on any atom is 0.240 e. The molecule has 0 amide bonds. The number of nitrogens with zero attached hydrogens (tertiary/aromatic N) is 2. The third-order valence-corrected chi connectivity index (χ3v) is 1.79. The highest BCUT2D eigenvalue weighted by Crippen LogP contribution is 2.12. The van der Waals surface area contributed by atoms with E-state index in [1.165, 1.54) is 0 Å². The zero-order chi connectivity index (χ0) is 10.4. The van der Waals surface area contributed by atoms with E-state index in [9.17, 15) is 0 Å². The third-order valence-electron chi connectivity index (χ3n) is 1.79. The Morgan fingerprint density at radius 1 is 1.50 bits per heavy atom. The predicted molar refractivity (Wildman–Crippen MR) is 51.7 cm³/mol. The van der Waals surface area contributed by atoms with Crippen molar-refractivity contribution in [2.24, 2.45) is 0 Å². The van der Waals surface area contributed by atoms with Crippen LogP contribution < -0.4 is 5.32 Å². The summed E-state index contributed by atoms with van der Waals surface area (Å²) in [6.07, 6.45) is -0.0980. The lowest BCUT2D eigenvalue weighted by atomic mass is 10.4. The second kappa shape index (κ2) is 5.72. The van der Waals surface area contributed by atoms with Gasteiger partial charge in [0, 0.05) is 6.61 Å². The van der Waals surface area contributed by atoms with Gasteiger partial charge in [-0.3, -0.25) is 0 Å². The van der Waals surface area contributed by atoms with E-state index in [-0.39, 0.29) is 6.10 Å². The van der Waals surface area contributed by atoms with Crippen LogP contribution in [0.15, 0.2) is 4.52 Å². The summed E-state index contributed by atoms with van der Waals surface area (Å²) in [5, 5.41) is 6.95. The van der Waals surface area contributed by atoms with E-state index in [0.717, 1.165) is 6.54 Å². The molecule has 5 heteroatoms. The molecule has 80 valence electrons. The van der Waals surface area contributed by atoms with Crippen LogP contribution in [0.25, 0.3) is 0 Å². The molecule has 14 heavy (non-hydrogen) atoms. The Morgan fingerprint density at radius 3 is 2.93 bits per heavy atom. The molecule has 1 N–H and O–H groups in total. The van der Waals surface area contributed by atoms with Crippen LogP contribution >= 0.6 is 0 Å². The fourth-order valence-corrected chi connectivity index (χ4v) is 1.06. The van der Waals surface area contributed by atoms with Crippen molar-refractivity contribution in [3.8, 4) is 0 Å². The van der Waals surface area contributed by atoms with Gasteiger partial charge < -0.3 is 14.6 Å². The van der Waals surface area contributed by atoms with E-state index >= 15 is 0 Å². The minimum atomic E-state index is -0.0980. The summed E-state index contributed by atoms with van der Waals surface area (Å²) in [4.78, 5) is 4.20. The molecule has 0 aliphatic rings. The molecule has 5 nitrogen and oxygen atoms in total. The number of ether oxygens (including phenoxy) is 1. The van der Waals surface area contributed by atoms with Crippen molar-refractivity contribution in [1.29, 1.82) is 0 Å². The molecule has 1 aromatic rings. The minimum Gasteiger partial charge on any atom is -0.371 e. The van der Waals surface area contributed by atoms with E-state index in [4.69, 9.17) is 9.26 Å². The van der Waals surface area contributed by atoms with Crippen LogP contribution in [-0.4, -0.2) is 23.3 Å². The maximum atomic E-state index is 5.34. The first-order chi connectivity index (χ1) is 6.77. The molecule has 0 saturated carbocycles. The Bertz CT molecular complexity index is 262. The van der Waals surface area contributed by atoms with Gasteiger partial charge in [-0.25, -0.2) is 0 Å². The minimum absolute atomic E-state index is 0.0980. The maximum absolute atomic E-state index is 5.34. The van der Waals surface area contributed by atoms with Crippen molar-refractivity contribution in [2.75, 3.05) is 13.2 Å². The fraction of sp³-hybridized carbons (Fsp3) is 0.778. The van der Waals surface area contributed by atoms with E-state index < -0.39 is 0 Å². The molecule has 0 fully saturated rings. The lowest BCUT2D eigenvalue weighted by molar-refractivity contribution is 0.0683. The topological polar surface area (TPSA) is 60.2 Å². The molecule has 0 bridgehead atoms. The molecule has 1 rings (SSSR count). The SMILES string of the molecule is CCNCc1nc(C(C)OCC)no1. The number of hydrogen-bond donors (Lipinski definition) is 1. The summed E-state index contributed by atoms with van der Waals surface area (Å²) in [5.41, 5.74) is 0. The molecule has 1 atom stereocenters. The molecule has 0 aliphatic heterocycles. The summed E-state index contributed by atoms with van der Waals surface area (Å²) < 4.78 is 10.4. The molecule has 1 unspecified atom stereocenters. The number of rotatable bonds is 6. The van der Waals surface area contributed by atoms with E-state index in [2.05, 4.69) is 15.5 Å². The van der Waals surface area contributed by atoms with E-state index in [1.54, 1.807) is 0 Å². The molecular formula is C9H17N3O2. The van der Waals surface area contributed by atoms with Gasteiger partial charge in [-0.2, -0.15) is 4.98 Å². The van der Waals surface area contributed by atoms with Crippen LogP contribution in [0.2, 0.25) is 0 Å². The lowest BCUT2D eigenvalue weighted by Gasteiger charge is -2.04. The highest BCUT2D eigenvalue weighted by Gasteiger charge is 2.12. The second-order valence-electron chi connectivity index (χ2n) is 2.92. The Hall–Kier alpha value is -0.940. The van der Waals surface area contributed by atoms with Crippen LogP contribution in [-0.2, 0) is 11.3 Å². The first-order valence-corrected chi connectivity index (χ1v) is 4.92. The fourth-order valence-electron chi connectivity index (χ4n) is 1.06. The zero-order valence-electron chi connectivity index (χ0n) is 8.91. The highest BCUT2D eigenvalue weighted by molar-refractivity contribution is 4.89. The largest absolute Gasteiger partial charge is 0.371 e. The van der Waals surface area contributed by atoms with Crippen molar-refractivity contribution in [3.05, 3.63) is 11.7 Å². The average molecular weight is 199 g/mol. The average Bonchev–Trinajstić information content (AvgIpc) is 2.63. The molecule has 1 aromatic heterocycles. The normalized spacial score (nSPS) is 13.1. The Morgan fingerprint density at radius 2 is 2.29 bits per heavy atom. The van der Waals surface area contributed by atoms with Crippen molar-refractivity contribution in [3.63, 3.8) is 0 Å². The summed E-state index contributed by atoms with van der Waals surface area (Å²) >= 11 is 0. The number of nitrogens with one attached hydrogen (secondary N) is 1. The van der Waals surface area contributed by atoms with Crippen LogP contribution in [0.4, 0.5) is 0 Å². The summed E-state index contributed by atoms with van der Waals surface area (Å²) in [7, 11) is 0. The van der Waals surface area contributed by atoms with Gasteiger partial charge >= 0.3 is 0 Å². The Balaban J connectivity index is 2.49. The van der Waals surface area contributed by atoms with Crippen LogP contribution in [0, 0.1) is 0 Å². The standard InChI is InChI=1S/C9H17N3O2/c1-4-10-6-8-11-9(12-14-8)7(3)13-5-2/h7,10H,4-6H2,1-3H3. The van der Waals surface area contributed by atoms with Gasteiger partial charge in [-0.15, -0.1) is 0 Å². The van der Waals surface area contributed by atoms with Gasteiger partial charge in [0.2, 0.25) is 5.89 Å². The highest BCUT2D eigenvalue weighted by atomic mass is 16.5. The van der Waals surface area contributed by atoms with E-state index in [1.807, 2.05) is 20.8 Å². The predicted octanol–water partition coefficient (Wildman–Crippen LogP) is 1.28. The number of aromatic nitrogens is 2. The molecule has 0 aromatic carbocycles. The Kier molecular flexibility index (Phi) is 4.55. The summed E-state index contributed by atoms with van der Waals surface area (Å²) in [6, 6.07) is 0. The van der Waals surface area contributed by atoms with Gasteiger partial charge in [0.25, 0.3) is 0 Å². The third kappa shape index (κ3) is 3.08. The van der Waals surface area contributed by atoms with Crippen molar-refractivity contribution in [2.45, 2.75) is 33.4 Å². The molecule has 0 aliphatic carbocycles. The lowest BCUT2D eigenvalue weighted by Crippen LogP contribution is -2.12. The van der Waals surface area contributed by atoms with Gasteiger partial charge in [0.15, 0.2) is 5.82 Å². The summed E-state index contributed by atoms with van der Waals surface area (Å²) in [6.45, 7) is 8.03. The Labute approximate surface area is 83.8 Å². The van der Waals surface area contributed by atoms with Crippen molar-refractivity contribution >= 4 is 0 Å². The van der Waals surface area contributed by atoms with Crippen molar-refractivity contribution in [1.82, 2.24) is 15.5 Å². The smallest absolute Gasteiger partial charge is 0.240 e. The van der Waals surface area contributed by atoms with Crippen LogP contribution in [0.5, 0.6) is 0 Å². The number of hydrogen-bond acceptors (Lipinski definition) is 5. The van der Waals surface area contributed by atoms with Gasteiger partial charge in [0.05, 0.1) is 6.54 Å².